The average molecular weight is 164 g/mol. The first-order chi connectivity index (χ1) is 5.64. The third-order valence-corrected chi connectivity index (χ3v) is 2.11. The third-order valence-electron chi connectivity index (χ3n) is 2.11. The molecule has 0 radical (unpaired) electrons. The molecule has 1 unspecified atom stereocenters. The molecule has 3 nitrogen and oxygen atoms in total. The molecule has 1 aliphatic carbocycles. The first-order valence-corrected chi connectivity index (χ1v) is 3.99. The highest BCUT2D eigenvalue weighted by molar-refractivity contribution is 5.88. The normalized spacial score (nSPS) is 20.3. The largest absolute Gasteiger partial charge is 0.349 e. The van der Waals surface area contributed by atoms with Gasteiger partial charge in [-0.1, -0.05) is 6.08 Å². The standard InChI is InChI=1S/C9H12N2O/c1-3-7(2)11-8(12)9(6-10)4-5-9/h3,7H,1,4-5H2,2H3,(H,11,12). The molecule has 64 valence electrons. The summed E-state index contributed by atoms with van der Waals surface area (Å²) < 4.78 is 0. The second-order valence-corrected chi connectivity index (χ2v) is 3.19. The molecule has 0 heterocycles. The maximum atomic E-state index is 11.3. The van der Waals surface area contributed by atoms with E-state index in [0.29, 0.717) is 12.8 Å². The van der Waals surface area contributed by atoms with Crippen LogP contribution in [-0.2, 0) is 4.79 Å². The lowest BCUT2D eigenvalue weighted by molar-refractivity contribution is -0.124. The fraction of sp³-hybridized carbons (Fsp3) is 0.556. The zero-order valence-electron chi connectivity index (χ0n) is 7.13. The lowest BCUT2D eigenvalue weighted by atomic mass is 10.1. The van der Waals surface area contributed by atoms with Gasteiger partial charge in [-0.2, -0.15) is 5.26 Å². The van der Waals surface area contributed by atoms with Crippen LogP contribution in [0.3, 0.4) is 0 Å². The zero-order chi connectivity index (χ0) is 9.19. The molecule has 0 aromatic heterocycles. The molecule has 0 aliphatic heterocycles. The second kappa shape index (κ2) is 2.98. The molecule has 1 atom stereocenters. The second-order valence-electron chi connectivity index (χ2n) is 3.19. The predicted octanol–water partition coefficient (Wildman–Crippen LogP) is 0.981. The Morgan fingerprint density at radius 2 is 2.42 bits per heavy atom. The van der Waals surface area contributed by atoms with Crippen molar-refractivity contribution in [3.8, 4) is 6.07 Å². The van der Waals surface area contributed by atoms with Gasteiger partial charge in [-0.05, 0) is 19.8 Å². The zero-order valence-corrected chi connectivity index (χ0v) is 7.13. The van der Waals surface area contributed by atoms with Crippen molar-refractivity contribution in [3.63, 3.8) is 0 Å². The van der Waals surface area contributed by atoms with E-state index in [0.717, 1.165) is 0 Å². The Morgan fingerprint density at radius 1 is 1.83 bits per heavy atom. The van der Waals surface area contributed by atoms with E-state index < -0.39 is 5.41 Å². The lowest BCUT2D eigenvalue weighted by Crippen LogP contribution is -2.36. The molecule has 3 heteroatoms. The van der Waals surface area contributed by atoms with Gasteiger partial charge >= 0.3 is 0 Å². The molecule has 0 spiro atoms. The molecule has 0 saturated heterocycles. The summed E-state index contributed by atoms with van der Waals surface area (Å²) in [5.74, 6) is -0.155. The average Bonchev–Trinajstić information content (AvgIpc) is 2.84. The number of hydrogen-bond donors (Lipinski definition) is 1. The number of hydrogen-bond acceptors (Lipinski definition) is 2. The van der Waals surface area contributed by atoms with Crippen molar-refractivity contribution in [2.45, 2.75) is 25.8 Å². The summed E-state index contributed by atoms with van der Waals surface area (Å²) in [7, 11) is 0. The van der Waals surface area contributed by atoms with Crippen molar-refractivity contribution in [2.75, 3.05) is 0 Å². The van der Waals surface area contributed by atoms with Gasteiger partial charge in [0.15, 0.2) is 0 Å². The van der Waals surface area contributed by atoms with E-state index in [1.165, 1.54) is 0 Å². The molecule has 1 aliphatic rings. The van der Waals surface area contributed by atoms with E-state index in [4.69, 9.17) is 5.26 Å². The van der Waals surface area contributed by atoms with Gasteiger partial charge in [-0.3, -0.25) is 4.79 Å². The molecule has 1 rings (SSSR count). The summed E-state index contributed by atoms with van der Waals surface area (Å²) in [4.78, 5) is 11.3. The molecule has 1 amide bonds. The minimum Gasteiger partial charge on any atom is -0.349 e. The molecule has 1 N–H and O–H groups in total. The van der Waals surface area contributed by atoms with Crippen molar-refractivity contribution in [1.82, 2.24) is 5.32 Å². The Kier molecular flexibility index (Phi) is 2.18. The Hall–Kier alpha value is -1.30. The summed E-state index contributed by atoms with van der Waals surface area (Å²) in [5, 5.41) is 11.4. The van der Waals surface area contributed by atoms with Crippen LogP contribution in [0.5, 0.6) is 0 Å². The molecule has 12 heavy (non-hydrogen) atoms. The Morgan fingerprint density at radius 3 is 2.75 bits per heavy atom. The van der Waals surface area contributed by atoms with Crippen LogP contribution < -0.4 is 5.32 Å². The van der Waals surface area contributed by atoms with Gasteiger partial charge < -0.3 is 5.32 Å². The van der Waals surface area contributed by atoms with Gasteiger partial charge in [-0.25, -0.2) is 0 Å². The van der Waals surface area contributed by atoms with Gasteiger partial charge in [0.25, 0.3) is 0 Å². The number of carbonyl (C=O) groups excluding carboxylic acids is 1. The molecule has 0 aromatic carbocycles. The van der Waals surface area contributed by atoms with E-state index in [2.05, 4.69) is 11.9 Å². The minimum atomic E-state index is -0.711. The van der Waals surface area contributed by atoms with Crippen LogP contribution in [0.1, 0.15) is 19.8 Å². The van der Waals surface area contributed by atoms with E-state index in [9.17, 15) is 4.79 Å². The monoisotopic (exact) mass is 164 g/mol. The topological polar surface area (TPSA) is 52.9 Å². The van der Waals surface area contributed by atoms with E-state index in [-0.39, 0.29) is 11.9 Å². The van der Waals surface area contributed by atoms with Crippen molar-refractivity contribution in [2.24, 2.45) is 5.41 Å². The summed E-state index contributed by atoms with van der Waals surface area (Å²) in [6.45, 7) is 5.38. The van der Waals surface area contributed by atoms with Crippen molar-refractivity contribution < 1.29 is 4.79 Å². The van der Waals surface area contributed by atoms with Gasteiger partial charge in [0, 0.05) is 6.04 Å². The Labute approximate surface area is 72.1 Å². The van der Waals surface area contributed by atoms with Crippen LogP contribution in [0.2, 0.25) is 0 Å². The maximum Gasteiger partial charge on any atom is 0.240 e. The van der Waals surface area contributed by atoms with E-state index >= 15 is 0 Å². The number of carbonyl (C=O) groups is 1. The van der Waals surface area contributed by atoms with Gasteiger partial charge in [0.2, 0.25) is 5.91 Å². The molecular weight excluding hydrogens is 152 g/mol. The number of nitrogens with zero attached hydrogens (tertiary/aromatic N) is 1. The maximum absolute atomic E-state index is 11.3. The minimum absolute atomic E-state index is 0.0525. The molecule has 0 bridgehead atoms. The van der Waals surface area contributed by atoms with Gasteiger partial charge in [0.05, 0.1) is 6.07 Å². The lowest BCUT2D eigenvalue weighted by Gasteiger charge is -2.11. The van der Waals surface area contributed by atoms with Crippen LogP contribution in [0, 0.1) is 16.7 Å². The molecular formula is C9H12N2O. The summed E-state index contributed by atoms with van der Waals surface area (Å²) in [5.41, 5.74) is -0.711. The van der Waals surface area contributed by atoms with E-state index in [1.54, 1.807) is 6.08 Å². The third kappa shape index (κ3) is 1.48. The van der Waals surface area contributed by atoms with Gasteiger partial charge in [0.1, 0.15) is 5.41 Å². The fourth-order valence-electron chi connectivity index (χ4n) is 0.918. The highest BCUT2D eigenvalue weighted by Gasteiger charge is 2.50. The predicted molar refractivity (Wildman–Crippen MR) is 45.1 cm³/mol. The van der Waals surface area contributed by atoms with E-state index in [1.807, 2.05) is 13.0 Å². The summed E-state index contributed by atoms with van der Waals surface area (Å²) >= 11 is 0. The Bertz CT molecular complexity index is 248. The van der Waals surface area contributed by atoms with Crippen LogP contribution >= 0.6 is 0 Å². The quantitative estimate of drug-likeness (QED) is 0.632. The van der Waals surface area contributed by atoms with Crippen LogP contribution in [-0.4, -0.2) is 11.9 Å². The Balaban J connectivity index is 2.50. The molecule has 1 saturated carbocycles. The number of rotatable bonds is 3. The summed E-state index contributed by atoms with van der Waals surface area (Å²) in [6.07, 6.45) is 3.03. The van der Waals surface area contributed by atoms with Crippen molar-refractivity contribution in [1.29, 1.82) is 5.26 Å². The number of amides is 1. The van der Waals surface area contributed by atoms with Crippen LogP contribution in [0.4, 0.5) is 0 Å². The molecule has 0 aromatic rings. The van der Waals surface area contributed by atoms with Gasteiger partial charge in [-0.15, -0.1) is 6.58 Å². The first-order valence-electron chi connectivity index (χ1n) is 3.99. The highest BCUT2D eigenvalue weighted by Crippen LogP contribution is 2.45. The number of nitrogens with one attached hydrogen (secondary N) is 1. The molecule has 1 fully saturated rings. The summed E-state index contributed by atoms with van der Waals surface area (Å²) in [6, 6.07) is 1.98. The first kappa shape index (κ1) is 8.79. The number of nitriles is 1. The van der Waals surface area contributed by atoms with Crippen LogP contribution in [0.15, 0.2) is 12.7 Å². The smallest absolute Gasteiger partial charge is 0.240 e. The SMILES string of the molecule is C=CC(C)NC(=O)C1(C#N)CC1. The van der Waals surface area contributed by atoms with Crippen molar-refractivity contribution >= 4 is 5.91 Å². The van der Waals surface area contributed by atoms with Crippen LogP contribution in [0.25, 0.3) is 0 Å². The van der Waals surface area contributed by atoms with Crippen molar-refractivity contribution in [3.05, 3.63) is 12.7 Å². The fourth-order valence-corrected chi connectivity index (χ4v) is 0.918. The highest BCUT2D eigenvalue weighted by atomic mass is 16.2.